The van der Waals surface area contributed by atoms with Crippen LogP contribution in [0.2, 0.25) is 0 Å². The zero-order valence-corrected chi connectivity index (χ0v) is 19.7. The van der Waals surface area contributed by atoms with E-state index >= 15 is 0 Å². The second kappa shape index (κ2) is 10.1. The van der Waals surface area contributed by atoms with Gasteiger partial charge in [-0.3, -0.25) is 9.69 Å². The lowest BCUT2D eigenvalue weighted by Crippen LogP contribution is -2.44. The van der Waals surface area contributed by atoms with Crippen molar-refractivity contribution >= 4 is 27.3 Å². The molecule has 2 aliphatic rings. The molecule has 0 radical (unpaired) electrons. The van der Waals surface area contributed by atoms with Crippen molar-refractivity contribution in [3.05, 3.63) is 30.5 Å². The summed E-state index contributed by atoms with van der Waals surface area (Å²) in [7, 11) is 1.66. The molecule has 0 unspecified atom stereocenters. The zero-order valence-electron chi connectivity index (χ0n) is 18.9. The summed E-state index contributed by atoms with van der Waals surface area (Å²) in [6.07, 6.45) is 3.66. The summed E-state index contributed by atoms with van der Waals surface area (Å²) in [6.45, 7) is 6.76. The number of amides is 1. The maximum atomic E-state index is 12.6. The Morgan fingerprint density at radius 2 is 1.94 bits per heavy atom. The minimum atomic E-state index is 0.0802. The van der Waals surface area contributed by atoms with Gasteiger partial charge in [0.15, 0.2) is 0 Å². The molecule has 1 amide bonds. The number of fused-ring (bicyclic) bond motifs is 1. The number of rotatable bonds is 7. The number of nitrogens with one attached hydrogen (secondary N) is 1. The van der Waals surface area contributed by atoms with Crippen LogP contribution >= 0.6 is 11.3 Å². The Morgan fingerprint density at radius 1 is 1.18 bits per heavy atom. The summed E-state index contributed by atoms with van der Waals surface area (Å²) in [6, 6.07) is 7.88. The van der Waals surface area contributed by atoms with Crippen molar-refractivity contribution in [2.45, 2.75) is 12.8 Å². The van der Waals surface area contributed by atoms with Gasteiger partial charge < -0.3 is 19.7 Å². The summed E-state index contributed by atoms with van der Waals surface area (Å²) in [5.74, 6) is 1.09. The van der Waals surface area contributed by atoms with Gasteiger partial charge in [0.2, 0.25) is 16.0 Å². The van der Waals surface area contributed by atoms with Crippen molar-refractivity contribution in [1.29, 1.82) is 0 Å². The highest BCUT2D eigenvalue weighted by Crippen LogP contribution is 2.30. The van der Waals surface area contributed by atoms with Crippen molar-refractivity contribution < 1.29 is 14.3 Å². The van der Waals surface area contributed by atoms with E-state index in [2.05, 4.69) is 15.1 Å². The van der Waals surface area contributed by atoms with E-state index in [9.17, 15) is 4.79 Å². The molecule has 1 N–H and O–H groups in total. The average molecular weight is 471 g/mol. The van der Waals surface area contributed by atoms with Crippen LogP contribution in [0.5, 0.6) is 5.75 Å². The first-order chi connectivity index (χ1) is 16.2. The number of carbonyl (C=O) groups excluding carboxylic acids is 1. The molecular weight excluding hydrogens is 440 g/mol. The number of methoxy groups -OCH3 is 1. The molecule has 176 valence electrons. The van der Waals surface area contributed by atoms with Crippen LogP contribution in [0.25, 0.3) is 16.2 Å². The van der Waals surface area contributed by atoms with E-state index in [1.807, 2.05) is 35.0 Å². The summed E-state index contributed by atoms with van der Waals surface area (Å²) in [5.41, 5.74) is 1.94. The number of hydrogen-bond donors (Lipinski definition) is 1. The molecule has 4 heterocycles. The molecule has 9 nitrogen and oxygen atoms in total. The highest BCUT2D eigenvalue weighted by molar-refractivity contribution is 7.20. The first-order valence-electron chi connectivity index (χ1n) is 11.5. The van der Waals surface area contributed by atoms with Crippen molar-refractivity contribution in [3.8, 4) is 17.0 Å². The Balaban J connectivity index is 1.12. The maximum absolute atomic E-state index is 12.6. The number of hydrogen-bond acceptors (Lipinski definition) is 8. The lowest BCUT2D eigenvalue weighted by Gasteiger charge is -2.31. The smallest absolute Gasteiger partial charge is 0.223 e. The van der Waals surface area contributed by atoms with Gasteiger partial charge >= 0.3 is 0 Å². The standard InChI is InChI=1S/C23H30N6O3S/c1-31-19-4-2-17(3-5-19)20-16-29-22(25-20)33-23(26-29)28-9-6-18(7-10-28)21(30)24-8-11-27-12-14-32-15-13-27/h2-5,16,18H,6-15H2,1H3,(H,24,30). The molecule has 10 heteroatoms. The second-order valence-electron chi connectivity index (χ2n) is 8.47. The molecule has 0 atom stereocenters. The summed E-state index contributed by atoms with van der Waals surface area (Å²) in [5, 5.41) is 8.83. The second-order valence-corrected chi connectivity index (χ2v) is 9.41. The van der Waals surface area contributed by atoms with Gasteiger partial charge in [0.05, 0.1) is 32.2 Å². The number of anilines is 1. The molecule has 2 saturated heterocycles. The topological polar surface area (TPSA) is 84.2 Å². The van der Waals surface area contributed by atoms with Gasteiger partial charge in [0, 0.05) is 50.7 Å². The molecule has 1 aromatic carbocycles. The van der Waals surface area contributed by atoms with Crippen LogP contribution in [-0.2, 0) is 9.53 Å². The van der Waals surface area contributed by atoms with Crippen LogP contribution in [0.4, 0.5) is 5.13 Å². The van der Waals surface area contributed by atoms with E-state index < -0.39 is 0 Å². The monoisotopic (exact) mass is 470 g/mol. The molecule has 2 aliphatic heterocycles. The maximum Gasteiger partial charge on any atom is 0.223 e. The van der Waals surface area contributed by atoms with Gasteiger partial charge in [-0.05, 0) is 37.1 Å². The third-order valence-corrected chi connectivity index (χ3v) is 7.37. The number of aromatic nitrogens is 3. The Kier molecular flexibility index (Phi) is 6.75. The minimum Gasteiger partial charge on any atom is -0.497 e. The fraction of sp³-hybridized carbons (Fsp3) is 0.522. The van der Waals surface area contributed by atoms with Crippen LogP contribution in [0.1, 0.15) is 12.8 Å². The largest absolute Gasteiger partial charge is 0.497 e. The van der Waals surface area contributed by atoms with Crippen molar-refractivity contribution in [1.82, 2.24) is 24.8 Å². The fourth-order valence-corrected chi connectivity index (χ4v) is 5.29. The van der Waals surface area contributed by atoms with Crippen LogP contribution < -0.4 is 15.0 Å². The van der Waals surface area contributed by atoms with E-state index in [1.165, 1.54) is 0 Å². The highest BCUT2D eigenvalue weighted by Gasteiger charge is 2.27. The normalized spacial score (nSPS) is 18.0. The predicted molar refractivity (Wildman–Crippen MR) is 128 cm³/mol. The highest BCUT2D eigenvalue weighted by atomic mass is 32.1. The van der Waals surface area contributed by atoms with E-state index in [4.69, 9.17) is 19.6 Å². The Labute approximate surface area is 197 Å². The van der Waals surface area contributed by atoms with Gasteiger partial charge in [-0.1, -0.05) is 11.3 Å². The van der Waals surface area contributed by atoms with Crippen LogP contribution in [0, 0.1) is 5.92 Å². The van der Waals surface area contributed by atoms with E-state index in [0.717, 1.165) is 85.9 Å². The number of morpholine rings is 1. The molecule has 0 bridgehead atoms. The molecular formula is C23H30N6O3S. The third-order valence-electron chi connectivity index (χ3n) is 6.39. The van der Waals surface area contributed by atoms with Gasteiger partial charge in [-0.2, -0.15) is 0 Å². The number of nitrogens with zero attached hydrogens (tertiary/aromatic N) is 5. The first kappa shape index (κ1) is 22.1. The lowest BCUT2D eigenvalue weighted by atomic mass is 9.96. The van der Waals surface area contributed by atoms with Crippen molar-refractivity contribution in [2.24, 2.45) is 5.92 Å². The number of imidazole rings is 1. The molecule has 3 aromatic rings. The Bertz CT molecular complexity index is 1040. The van der Waals surface area contributed by atoms with Gasteiger partial charge in [0.25, 0.3) is 0 Å². The number of carbonyl (C=O) groups is 1. The average Bonchev–Trinajstić information content (AvgIpc) is 3.45. The van der Waals surface area contributed by atoms with Crippen molar-refractivity contribution in [3.63, 3.8) is 0 Å². The summed E-state index contributed by atoms with van der Waals surface area (Å²) in [4.78, 5) is 22.8. The first-order valence-corrected chi connectivity index (χ1v) is 12.3. The minimum absolute atomic E-state index is 0.0802. The zero-order chi connectivity index (χ0) is 22.6. The van der Waals surface area contributed by atoms with Crippen LogP contribution in [0.15, 0.2) is 30.5 Å². The summed E-state index contributed by atoms with van der Waals surface area (Å²) >= 11 is 1.59. The Morgan fingerprint density at radius 3 is 2.64 bits per heavy atom. The number of benzene rings is 1. The van der Waals surface area contributed by atoms with Crippen LogP contribution in [0.3, 0.4) is 0 Å². The molecule has 5 rings (SSSR count). The fourth-order valence-electron chi connectivity index (χ4n) is 4.36. The molecule has 0 aliphatic carbocycles. The molecule has 0 spiro atoms. The molecule has 33 heavy (non-hydrogen) atoms. The lowest BCUT2D eigenvalue weighted by molar-refractivity contribution is -0.125. The van der Waals surface area contributed by atoms with Gasteiger partial charge in [-0.25, -0.2) is 9.50 Å². The SMILES string of the molecule is COc1ccc(-c2cn3nc(N4CCC(C(=O)NCCN5CCOCC5)CC4)sc3n2)cc1. The molecule has 2 aromatic heterocycles. The van der Waals surface area contributed by atoms with Gasteiger partial charge in [-0.15, -0.1) is 5.10 Å². The molecule has 0 saturated carbocycles. The quantitative estimate of drug-likeness (QED) is 0.566. The number of ether oxygens (including phenoxy) is 2. The van der Waals surface area contributed by atoms with Crippen molar-refractivity contribution in [2.75, 3.05) is 64.5 Å². The predicted octanol–water partition coefficient (Wildman–Crippen LogP) is 2.13. The summed E-state index contributed by atoms with van der Waals surface area (Å²) < 4.78 is 12.4. The van der Waals surface area contributed by atoms with E-state index in [-0.39, 0.29) is 11.8 Å². The van der Waals surface area contributed by atoms with Gasteiger partial charge in [0.1, 0.15) is 5.75 Å². The molecule has 2 fully saturated rings. The van der Waals surface area contributed by atoms with Crippen LogP contribution in [-0.4, -0.2) is 85.0 Å². The third kappa shape index (κ3) is 5.13. The van der Waals surface area contributed by atoms with E-state index in [0.29, 0.717) is 6.54 Å². The Hall–Kier alpha value is -2.69. The number of piperidine rings is 1. The van der Waals surface area contributed by atoms with E-state index in [1.54, 1.807) is 18.4 Å².